The van der Waals surface area contributed by atoms with E-state index >= 15 is 0 Å². The number of hydrogen-bond acceptors (Lipinski definition) is 3. The van der Waals surface area contributed by atoms with Gasteiger partial charge in [0.05, 0.1) is 25.2 Å². The fourth-order valence-electron chi connectivity index (χ4n) is 5.29. The quantitative estimate of drug-likeness (QED) is 0.670. The molecule has 3 aliphatic rings. The molecule has 4 rings (SSSR count). The van der Waals surface area contributed by atoms with Crippen molar-refractivity contribution in [2.45, 2.75) is 70.3 Å². The number of likely N-dealkylation sites (tertiary alicyclic amines) is 1. The van der Waals surface area contributed by atoms with E-state index in [1.807, 2.05) is 12.3 Å². The lowest BCUT2D eigenvalue weighted by Gasteiger charge is -2.44. The van der Waals surface area contributed by atoms with Crippen LogP contribution in [0.15, 0.2) is 29.1 Å². The highest BCUT2D eigenvalue weighted by Gasteiger charge is 2.38. The summed E-state index contributed by atoms with van der Waals surface area (Å²) >= 11 is 0. The van der Waals surface area contributed by atoms with Crippen molar-refractivity contribution in [1.29, 1.82) is 0 Å². The van der Waals surface area contributed by atoms with Crippen molar-refractivity contribution >= 4 is 6.08 Å². The molecule has 144 valence electrons. The molecule has 2 saturated carbocycles. The summed E-state index contributed by atoms with van der Waals surface area (Å²) in [5.74, 6) is 0.755. The van der Waals surface area contributed by atoms with Gasteiger partial charge in [-0.15, -0.1) is 0 Å². The first-order valence-electron chi connectivity index (χ1n) is 10.9. The van der Waals surface area contributed by atoms with E-state index in [9.17, 15) is 0 Å². The summed E-state index contributed by atoms with van der Waals surface area (Å²) in [5, 5.41) is 0. The van der Waals surface area contributed by atoms with Crippen molar-refractivity contribution in [3.05, 3.63) is 30.2 Å². The number of hydrogen-bond donors (Lipinski definition) is 0. The Hall–Kier alpha value is -1.06. The molecule has 0 aromatic carbocycles. The van der Waals surface area contributed by atoms with Gasteiger partial charge in [-0.3, -0.25) is 0 Å². The van der Waals surface area contributed by atoms with Gasteiger partial charge in [-0.2, -0.15) is 0 Å². The van der Waals surface area contributed by atoms with Crippen LogP contribution in [0.25, 0.3) is 6.08 Å². The smallest absolute Gasteiger partial charge is 0.0974 e. The van der Waals surface area contributed by atoms with Gasteiger partial charge in [0, 0.05) is 12.1 Å². The third kappa shape index (κ3) is 4.80. The van der Waals surface area contributed by atoms with Gasteiger partial charge in [0.25, 0.3) is 0 Å². The van der Waals surface area contributed by atoms with Crippen LogP contribution in [0.5, 0.6) is 0 Å². The Bertz CT molecular complexity index is 541. The van der Waals surface area contributed by atoms with E-state index in [1.54, 1.807) is 6.26 Å². The van der Waals surface area contributed by atoms with Crippen LogP contribution >= 0.6 is 0 Å². The summed E-state index contributed by atoms with van der Waals surface area (Å²) < 4.78 is 11.4. The molecule has 0 radical (unpaired) electrons. The lowest BCUT2D eigenvalue weighted by atomic mass is 9.63. The van der Waals surface area contributed by atoms with Crippen LogP contribution in [0.4, 0.5) is 0 Å². The van der Waals surface area contributed by atoms with Crippen molar-refractivity contribution < 1.29 is 9.15 Å². The summed E-state index contributed by atoms with van der Waals surface area (Å²) in [6.07, 6.45) is 22.4. The fourth-order valence-corrected chi connectivity index (χ4v) is 5.29. The van der Waals surface area contributed by atoms with E-state index in [0.29, 0.717) is 11.5 Å². The van der Waals surface area contributed by atoms with Crippen molar-refractivity contribution in [2.24, 2.45) is 11.3 Å². The predicted molar refractivity (Wildman–Crippen MR) is 106 cm³/mol. The average molecular weight is 358 g/mol. The molecule has 0 N–H and O–H groups in total. The van der Waals surface area contributed by atoms with Gasteiger partial charge in [0.2, 0.25) is 0 Å². The molecule has 1 aromatic heterocycles. The second kappa shape index (κ2) is 8.75. The second-order valence-corrected chi connectivity index (χ2v) is 8.87. The Morgan fingerprint density at radius 3 is 2.50 bits per heavy atom. The minimum absolute atomic E-state index is 0.530. The SMILES string of the molecule is C(=CC1CCC2(CC1)CCC(OCCN1CCCC1)CC2)c1ccoc1. The molecule has 0 bridgehead atoms. The molecule has 0 unspecified atom stereocenters. The van der Waals surface area contributed by atoms with E-state index in [0.717, 1.165) is 19.1 Å². The zero-order valence-corrected chi connectivity index (χ0v) is 16.2. The number of nitrogens with zero attached hydrogens (tertiary/aromatic N) is 1. The summed E-state index contributed by atoms with van der Waals surface area (Å²) in [6.45, 7) is 4.66. The zero-order chi connectivity index (χ0) is 17.7. The van der Waals surface area contributed by atoms with Crippen LogP contribution in [0.3, 0.4) is 0 Å². The molecule has 3 heteroatoms. The first kappa shape index (κ1) is 18.3. The molecular weight excluding hydrogens is 322 g/mol. The second-order valence-electron chi connectivity index (χ2n) is 8.87. The molecule has 3 nitrogen and oxygen atoms in total. The van der Waals surface area contributed by atoms with Crippen molar-refractivity contribution in [3.63, 3.8) is 0 Å². The van der Waals surface area contributed by atoms with E-state index < -0.39 is 0 Å². The highest BCUT2D eigenvalue weighted by Crippen LogP contribution is 2.49. The normalized spacial score (nSPS) is 33.4. The highest BCUT2D eigenvalue weighted by molar-refractivity contribution is 5.47. The molecule has 1 spiro atoms. The molecule has 1 aromatic rings. The van der Waals surface area contributed by atoms with Gasteiger partial charge >= 0.3 is 0 Å². The molecule has 1 saturated heterocycles. The first-order valence-corrected chi connectivity index (χ1v) is 10.9. The Morgan fingerprint density at radius 2 is 1.81 bits per heavy atom. The van der Waals surface area contributed by atoms with Crippen LogP contribution < -0.4 is 0 Å². The standard InChI is InChI=1S/C23H35NO2/c1-2-15-24(14-1)16-18-26-22-7-12-23(13-8-22)10-5-20(6-11-23)3-4-21-9-17-25-19-21/h3-4,9,17,19-20,22H,1-2,5-8,10-16,18H2. The Morgan fingerprint density at radius 1 is 1.08 bits per heavy atom. The van der Waals surface area contributed by atoms with Gasteiger partial charge in [-0.05, 0) is 94.7 Å². The third-order valence-electron chi connectivity index (χ3n) is 7.15. The molecular formula is C23H35NO2. The van der Waals surface area contributed by atoms with Crippen LogP contribution in [-0.2, 0) is 4.74 Å². The third-order valence-corrected chi connectivity index (χ3v) is 7.15. The van der Waals surface area contributed by atoms with Gasteiger partial charge in [0.15, 0.2) is 0 Å². The van der Waals surface area contributed by atoms with Crippen molar-refractivity contribution in [1.82, 2.24) is 4.90 Å². The van der Waals surface area contributed by atoms with E-state index in [1.165, 1.54) is 82.9 Å². The van der Waals surface area contributed by atoms with Crippen LogP contribution in [-0.4, -0.2) is 37.2 Å². The van der Waals surface area contributed by atoms with Gasteiger partial charge in [-0.25, -0.2) is 0 Å². The number of allylic oxidation sites excluding steroid dienone is 1. The topological polar surface area (TPSA) is 25.6 Å². The zero-order valence-electron chi connectivity index (χ0n) is 16.2. The fraction of sp³-hybridized carbons (Fsp3) is 0.739. The summed E-state index contributed by atoms with van der Waals surface area (Å²) in [6, 6.07) is 2.03. The van der Waals surface area contributed by atoms with Gasteiger partial charge in [0.1, 0.15) is 0 Å². The van der Waals surface area contributed by atoms with Gasteiger partial charge < -0.3 is 14.1 Å². The van der Waals surface area contributed by atoms with Crippen LogP contribution in [0.2, 0.25) is 0 Å². The number of ether oxygens (including phenoxy) is 1. The average Bonchev–Trinajstić information content (AvgIpc) is 3.37. The summed E-state index contributed by atoms with van der Waals surface area (Å²) in [4.78, 5) is 2.56. The van der Waals surface area contributed by atoms with Crippen molar-refractivity contribution in [2.75, 3.05) is 26.2 Å². The minimum Gasteiger partial charge on any atom is -0.472 e. The molecule has 0 amide bonds. The Balaban J connectivity index is 1.15. The molecule has 1 aliphatic heterocycles. The lowest BCUT2D eigenvalue weighted by molar-refractivity contribution is -0.0216. The molecule has 2 aliphatic carbocycles. The molecule has 2 heterocycles. The molecule has 0 atom stereocenters. The maximum Gasteiger partial charge on any atom is 0.0974 e. The van der Waals surface area contributed by atoms with E-state index in [4.69, 9.17) is 9.15 Å². The summed E-state index contributed by atoms with van der Waals surface area (Å²) in [5.41, 5.74) is 1.83. The number of rotatable bonds is 6. The monoisotopic (exact) mass is 357 g/mol. The Labute approximate surface area is 158 Å². The Kier molecular flexibility index (Phi) is 6.16. The number of furan rings is 1. The largest absolute Gasteiger partial charge is 0.472 e. The molecule has 26 heavy (non-hydrogen) atoms. The van der Waals surface area contributed by atoms with E-state index in [-0.39, 0.29) is 0 Å². The minimum atomic E-state index is 0.530. The van der Waals surface area contributed by atoms with Gasteiger partial charge in [-0.1, -0.05) is 12.2 Å². The van der Waals surface area contributed by atoms with Crippen molar-refractivity contribution in [3.8, 4) is 0 Å². The highest BCUT2D eigenvalue weighted by atomic mass is 16.5. The van der Waals surface area contributed by atoms with E-state index in [2.05, 4.69) is 17.1 Å². The molecule has 3 fully saturated rings. The first-order chi connectivity index (χ1) is 12.8. The summed E-state index contributed by atoms with van der Waals surface area (Å²) in [7, 11) is 0. The maximum atomic E-state index is 6.22. The maximum absolute atomic E-state index is 6.22. The lowest BCUT2D eigenvalue weighted by Crippen LogP contribution is -2.35. The van der Waals surface area contributed by atoms with Crippen LogP contribution in [0, 0.1) is 11.3 Å². The predicted octanol–water partition coefficient (Wildman–Crippen LogP) is 5.52. The van der Waals surface area contributed by atoms with Crippen LogP contribution in [0.1, 0.15) is 69.8 Å².